The van der Waals surface area contributed by atoms with E-state index in [0.29, 0.717) is 31.1 Å². The molecule has 154 valence electrons. The lowest BCUT2D eigenvalue weighted by atomic mass is 10.1. The molecule has 0 spiro atoms. The number of hydrogen-bond acceptors (Lipinski definition) is 4. The summed E-state index contributed by atoms with van der Waals surface area (Å²) in [5.41, 5.74) is 1.72. The summed E-state index contributed by atoms with van der Waals surface area (Å²) in [5.74, 6) is -0.108. The first-order chi connectivity index (χ1) is 12.9. The van der Waals surface area contributed by atoms with Crippen molar-refractivity contribution in [2.75, 3.05) is 39.8 Å². The van der Waals surface area contributed by atoms with Crippen LogP contribution in [0.2, 0.25) is 0 Å². The molecule has 0 unspecified atom stereocenters. The average Bonchev–Trinajstić information content (AvgIpc) is 2.60. The summed E-state index contributed by atoms with van der Waals surface area (Å²) in [7, 11) is -1.92. The minimum atomic E-state index is -3.55. The molecule has 1 amide bonds. The summed E-state index contributed by atoms with van der Waals surface area (Å²) >= 11 is 0. The molecule has 1 fully saturated rings. The molecule has 7 nitrogen and oxygen atoms in total. The molecular weight excluding hydrogens is 376 g/mol. The van der Waals surface area contributed by atoms with Crippen LogP contribution in [0.25, 0.3) is 0 Å². The number of carbonyl (C=O) groups excluding carboxylic acids is 1. The highest BCUT2D eigenvalue weighted by Gasteiger charge is 2.35. The van der Waals surface area contributed by atoms with E-state index in [1.165, 1.54) is 9.21 Å². The molecule has 1 heterocycles. The Morgan fingerprint density at radius 1 is 1.21 bits per heavy atom. The Morgan fingerprint density at radius 3 is 2.18 bits per heavy atom. The summed E-state index contributed by atoms with van der Waals surface area (Å²) in [6.07, 6.45) is 0. The van der Waals surface area contributed by atoms with Gasteiger partial charge in [0, 0.05) is 7.05 Å². The molecule has 0 aromatic heterocycles. The molecule has 0 bridgehead atoms. The molecule has 1 saturated heterocycles. The van der Waals surface area contributed by atoms with Gasteiger partial charge in [-0.2, -0.15) is 9.57 Å². The first-order valence-electron chi connectivity index (χ1n) is 9.49. The first-order valence-corrected chi connectivity index (χ1v) is 10.9. The molecule has 1 aliphatic rings. The van der Waals surface area contributed by atoms with E-state index in [2.05, 4.69) is 6.07 Å². The van der Waals surface area contributed by atoms with Crippen molar-refractivity contribution < 1.29 is 18.1 Å². The third kappa shape index (κ3) is 4.54. The van der Waals surface area contributed by atoms with Gasteiger partial charge >= 0.3 is 0 Å². The van der Waals surface area contributed by atoms with Gasteiger partial charge in [-0.15, -0.1) is 0 Å². The summed E-state index contributed by atoms with van der Waals surface area (Å²) in [6.45, 7) is 11.2. The van der Waals surface area contributed by atoms with E-state index in [0.717, 1.165) is 21.6 Å². The van der Waals surface area contributed by atoms with Crippen molar-refractivity contribution in [2.45, 2.75) is 45.1 Å². The zero-order valence-corrected chi connectivity index (χ0v) is 18.5. The predicted octanol–water partition coefficient (Wildman–Crippen LogP) is 0.262. The lowest BCUT2D eigenvalue weighted by Gasteiger charge is -2.34. The zero-order valence-electron chi connectivity index (χ0n) is 17.7. The van der Waals surface area contributed by atoms with Gasteiger partial charge in [0.2, 0.25) is 10.0 Å². The van der Waals surface area contributed by atoms with Gasteiger partial charge in [0.1, 0.15) is 5.54 Å². The van der Waals surface area contributed by atoms with Crippen molar-refractivity contribution in [3.8, 4) is 6.07 Å². The van der Waals surface area contributed by atoms with Crippen LogP contribution in [0.3, 0.4) is 0 Å². The Bertz CT molecular complexity index is 872. The van der Waals surface area contributed by atoms with E-state index in [4.69, 9.17) is 0 Å². The molecule has 2 rings (SSSR count). The molecule has 0 saturated carbocycles. The van der Waals surface area contributed by atoms with Gasteiger partial charge in [-0.05, 0) is 45.7 Å². The molecule has 1 aromatic carbocycles. The number of quaternary nitrogens is 1. The number of sulfonamides is 1. The highest BCUT2D eigenvalue weighted by molar-refractivity contribution is 7.89. The van der Waals surface area contributed by atoms with Gasteiger partial charge in [0.25, 0.3) is 5.91 Å². The van der Waals surface area contributed by atoms with Crippen molar-refractivity contribution in [2.24, 2.45) is 0 Å². The average molecular weight is 408 g/mol. The lowest BCUT2D eigenvalue weighted by Crippen LogP contribution is -3.15. The Hall–Kier alpha value is -1.95. The molecule has 1 N–H and O–H groups in total. The number of amides is 1. The van der Waals surface area contributed by atoms with Crippen LogP contribution in [0.15, 0.2) is 17.0 Å². The fourth-order valence-corrected chi connectivity index (χ4v) is 5.49. The van der Waals surface area contributed by atoms with Crippen molar-refractivity contribution >= 4 is 15.9 Å². The van der Waals surface area contributed by atoms with Gasteiger partial charge in [-0.1, -0.05) is 17.7 Å². The molecule has 1 aliphatic heterocycles. The lowest BCUT2D eigenvalue weighted by molar-refractivity contribution is -0.896. The minimum Gasteiger partial charge on any atom is -0.325 e. The highest BCUT2D eigenvalue weighted by atomic mass is 32.2. The monoisotopic (exact) mass is 407 g/mol. The molecule has 1 aromatic rings. The van der Waals surface area contributed by atoms with Crippen LogP contribution < -0.4 is 4.90 Å². The fraction of sp³-hybridized carbons (Fsp3) is 0.600. The Kier molecular flexibility index (Phi) is 6.54. The normalized spacial score (nSPS) is 16.6. The Morgan fingerprint density at radius 2 is 1.71 bits per heavy atom. The van der Waals surface area contributed by atoms with E-state index in [1.54, 1.807) is 20.9 Å². The van der Waals surface area contributed by atoms with Gasteiger partial charge in [0.15, 0.2) is 6.54 Å². The summed E-state index contributed by atoms with van der Waals surface area (Å²) < 4.78 is 27.8. The second kappa shape index (κ2) is 8.19. The number of hydrogen-bond donors (Lipinski definition) is 1. The van der Waals surface area contributed by atoms with E-state index in [9.17, 15) is 18.5 Å². The van der Waals surface area contributed by atoms with Crippen LogP contribution in [0.4, 0.5) is 0 Å². The van der Waals surface area contributed by atoms with Gasteiger partial charge in [0.05, 0.1) is 37.1 Å². The number of aryl methyl sites for hydroxylation is 3. The van der Waals surface area contributed by atoms with Gasteiger partial charge in [-0.25, -0.2) is 8.42 Å². The van der Waals surface area contributed by atoms with Crippen LogP contribution in [0, 0.1) is 32.1 Å². The number of rotatable bonds is 5. The van der Waals surface area contributed by atoms with Crippen molar-refractivity contribution in [1.82, 2.24) is 9.21 Å². The molecule has 0 atom stereocenters. The van der Waals surface area contributed by atoms with Gasteiger partial charge < -0.3 is 9.80 Å². The quantitative estimate of drug-likeness (QED) is 0.759. The molecule has 28 heavy (non-hydrogen) atoms. The maximum absolute atomic E-state index is 13.2. The van der Waals surface area contributed by atoms with E-state index < -0.39 is 15.6 Å². The Labute approximate surface area is 168 Å². The van der Waals surface area contributed by atoms with E-state index in [1.807, 2.05) is 32.9 Å². The zero-order chi connectivity index (χ0) is 21.3. The molecule has 0 aliphatic carbocycles. The number of benzene rings is 1. The number of nitrogens with zero attached hydrogens (tertiary/aromatic N) is 3. The van der Waals surface area contributed by atoms with Crippen LogP contribution in [-0.2, 0) is 14.8 Å². The van der Waals surface area contributed by atoms with Crippen LogP contribution in [-0.4, -0.2) is 68.8 Å². The van der Waals surface area contributed by atoms with Crippen molar-refractivity contribution in [3.05, 3.63) is 28.8 Å². The second-order valence-corrected chi connectivity index (χ2v) is 10.1. The van der Waals surface area contributed by atoms with E-state index in [-0.39, 0.29) is 12.5 Å². The van der Waals surface area contributed by atoms with Gasteiger partial charge in [-0.3, -0.25) is 4.79 Å². The Balaban J connectivity index is 2.06. The fourth-order valence-electron chi connectivity index (χ4n) is 3.64. The number of nitriles is 1. The largest absolute Gasteiger partial charge is 0.325 e. The minimum absolute atomic E-state index is 0.108. The topological polar surface area (TPSA) is 85.9 Å². The van der Waals surface area contributed by atoms with Crippen molar-refractivity contribution in [3.63, 3.8) is 0 Å². The third-order valence-electron chi connectivity index (χ3n) is 5.52. The SMILES string of the molecule is Cc1cc(C)c(S(=O)(=O)N2CC[NH+](CC(=O)N(C)C(C)(C)C#N)CC2)c(C)c1. The molecular formula is C20H31N4O3S+. The van der Waals surface area contributed by atoms with E-state index >= 15 is 0 Å². The molecule has 8 heteroatoms. The second-order valence-electron chi connectivity index (χ2n) is 8.18. The number of piperazine rings is 1. The number of carbonyl (C=O) groups is 1. The first kappa shape index (κ1) is 22.3. The maximum Gasteiger partial charge on any atom is 0.278 e. The highest BCUT2D eigenvalue weighted by Crippen LogP contribution is 2.25. The number of nitrogens with one attached hydrogen (secondary N) is 1. The molecule has 0 radical (unpaired) electrons. The third-order valence-corrected chi connectivity index (χ3v) is 7.72. The maximum atomic E-state index is 13.2. The van der Waals surface area contributed by atoms with Crippen molar-refractivity contribution in [1.29, 1.82) is 5.26 Å². The van der Waals surface area contributed by atoms with Crippen LogP contribution >= 0.6 is 0 Å². The summed E-state index contributed by atoms with van der Waals surface area (Å²) in [4.78, 5) is 15.4. The van der Waals surface area contributed by atoms with Crippen LogP contribution in [0.5, 0.6) is 0 Å². The smallest absolute Gasteiger partial charge is 0.278 e. The van der Waals surface area contributed by atoms with Crippen LogP contribution in [0.1, 0.15) is 30.5 Å². The standard InChI is InChI=1S/C20H30N4O3S/c1-15-11-16(2)19(17(3)12-15)28(26,27)24-9-7-23(8-10-24)13-18(25)22(6)20(4,5)14-21/h11-12H,7-10,13H2,1-6H3/p+1. The number of likely N-dealkylation sites (N-methyl/N-ethyl adjacent to an activating group) is 1. The summed E-state index contributed by atoms with van der Waals surface area (Å²) in [5, 5.41) is 9.19. The predicted molar refractivity (Wildman–Crippen MR) is 107 cm³/mol. The summed E-state index contributed by atoms with van der Waals surface area (Å²) in [6, 6.07) is 5.92.